The minimum atomic E-state index is -0.631. The molecule has 2 aliphatic rings. The lowest BCUT2D eigenvalue weighted by Crippen LogP contribution is -2.42. The number of nitrogens with zero attached hydrogens (tertiary/aromatic N) is 3. The topological polar surface area (TPSA) is 99.6 Å². The number of carbonyl (C=O) groups is 1. The van der Waals surface area contributed by atoms with Gasteiger partial charge in [0.15, 0.2) is 0 Å². The Kier molecular flexibility index (Phi) is 6.88. The van der Waals surface area contributed by atoms with Gasteiger partial charge in [-0.2, -0.15) is 5.10 Å². The van der Waals surface area contributed by atoms with E-state index in [1.54, 1.807) is 6.07 Å². The first kappa shape index (κ1) is 20.7. The molecule has 1 amide bonds. The molecule has 8 heteroatoms. The van der Waals surface area contributed by atoms with Crippen LogP contribution in [0.2, 0.25) is 0 Å². The van der Waals surface area contributed by atoms with Crippen LogP contribution in [0.4, 0.5) is 5.82 Å². The second-order valence-corrected chi connectivity index (χ2v) is 7.98. The number of hydrogen-bond donors (Lipinski definition) is 3. The Hall–Kier alpha value is -2.55. The van der Waals surface area contributed by atoms with Crippen molar-refractivity contribution in [1.82, 2.24) is 20.4 Å². The van der Waals surface area contributed by atoms with Crippen LogP contribution in [0.25, 0.3) is 0 Å². The van der Waals surface area contributed by atoms with E-state index in [0.29, 0.717) is 17.9 Å². The molecule has 2 aromatic rings. The number of nitrogens with one attached hydrogen (secondary N) is 2. The van der Waals surface area contributed by atoms with Crippen molar-refractivity contribution in [2.24, 2.45) is 0 Å². The molecule has 1 aromatic carbocycles. The largest absolute Gasteiger partial charge is 0.390 e. The number of ether oxygens (including phenoxy) is 1. The summed E-state index contributed by atoms with van der Waals surface area (Å²) < 4.78 is 5.36. The quantitative estimate of drug-likeness (QED) is 0.630. The molecule has 1 atom stereocenters. The fourth-order valence-corrected chi connectivity index (χ4v) is 4.00. The van der Waals surface area contributed by atoms with Crippen LogP contribution in [0.15, 0.2) is 36.5 Å². The Balaban J connectivity index is 1.24. The van der Waals surface area contributed by atoms with Crippen LogP contribution >= 0.6 is 0 Å². The Morgan fingerprint density at radius 3 is 2.90 bits per heavy atom. The number of fused-ring (bicyclic) bond motifs is 1. The average Bonchev–Trinajstić information content (AvgIpc) is 2.78. The van der Waals surface area contributed by atoms with Crippen molar-refractivity contribution < 1.29 is 14.6 Å². The highest BCUT2D eigenvalue weighted by Crippen LogP contribution is 2.18. The summed E-state index contributed by atoms with van der Waals surface area (Å²) in [5, 5.41) is 24.5. The van der Waals surface area contributed by atoms with Crippen molar-refractivity contribution in [3.8, 4) is 0 Å². The third kappa shape index (κ3) is 5.53. The van der Waals surface area contributed by atoms with Crippen LogP contribution < -0.4 is 10.6 Å². The van der Waals surface area contributed by atoms with Gasteiger partial charge in [0, 0.05) is 45.4 Å². The summed E-state index contributed by atoms with van der Waals surface area (Å²) in [5.41, 5.74) is 3.12. The summed E-state index contributed by atoms with van der Waals surface area (Å²) in [6, 6.07) is 10.4. The molecule has 4 rings (SSSR count). The molecule has 160 valence electrons. The van der Waals surface area contributed by atoms with Crippen LogP contribution in [0.1, 0.15) is 34.3 Å². The van der Waals surface area contributed by atoms with Gasteiger partial charge in [-0.1, -0.05) is 24.3 Å². The predicted molar refractivity (Wildman–Crippen MR) is 113 cm³/mol. The molecule has 0 aliphatic carbocycles. The zero-order valence-electron chi connectivity index (χ0n) is 17.1. The van der Waals surface area contributed by atoms with E-state index in [-0.39, 0.29) is 18.5 Å². The summed E-state index contributed by atoms with van der Waals surface area (Å²) in [5.74, 6) is 0.324. The van der Waals surface area contributed by atoms with Crippen molar-refractivity contribution in [3.63, 3.8) is 0 Å². The zero-order chi connectivity index (χ0) is 20.8. The van der Waals surface area contributed by atoms with Gasteiger partial charge >= 0.3 is 0 Å². The Morgan fingerprint density at radius 2 is 2.07 bits per heavy atom. The Morgan fingerprint density at radius 1 is 1.27 bits per heavy atom. The number of rotatable bonds is 7. The fourth-order valence-electron chi connectivity index (χ4n) is 4.00. The second kappa shape index (κ2) is 9.97. The van der Waals surface area contributed by atoms with Gasteiger partial charge in [-0.3, -0.25) is 9.69 Å². The maximum Gasteiger partial charge on any atom is 0.253 e. The normalized spacial score (nSPS) is 18.4. The van der Waals surface area contributed by atoms with Crippen molar-refractivity contribution in [2.45, 2.75) is 38.0 Å². The summed E-state index contributed by atoms with van der Waals surface area (Å²) in [6.45, 7) is 3.92. The molecule has 30 heavy (non-hydrogen) atoms. The van der Waals surface area contributed by atoms with Gasteiger partial charge in [0.1, 0.15) is 5.82 Å². The van der Waals surface area contributed by atoms with E-state index in [9.17, 15) is 9.90 Å². The first-order chi connectivity index (χ1) is 14.7. The van der Waals surface area contributed by atoms with E-state index >= 15 is 0 Å². The van der Waals surface area contributed by atoms with Crippen molar-refractivity contribution >= 4 is 11.7 Å². The highest BCUT2D eigenvalue weighted by Gasteiger charge is 2.19. The Bertz CT molecular complexity index is 856. The predicted octanol–water partition coefficient (Wildman–Crippen LogP) is 1.22. The number of amides is 1. The summed E-state index contributed by atoms with van der Waals surface area (Å²) in [6.07, 6.45) is 3.62. The van der Waals surface area contributed by atoms with E-state index in [1.807, 2.05) is 6.07 Å². The molecule has 0 bridgehead atoms. The van der Waals surface area contributed by atoms with E-state index < -0.39 is 6.10 Å². The molecule has 3 heterocycles. The standard InChI is InChI=1S/C22H29N5O3/c28-20(15-27-8-5-16-3-1-2-4-17(16)14-27)13-23-22(29)18-11-21(26-24-12-18)25-19-6-9-30-10-7-19/h1-4,11-12,19-20,28H,5-10,13-15H2,(H,23,29)(H,25,26). The van der Waals surface area contributed by atoms with E-state index in [1.165, 1.54) is 17.3 Å². The summed E-state index contributed by atoms with van der Waals surface area (Å²) in [4.78, 5) is 14.7. The van der Waals surface area contributed by atoms with Gasteiger partial charge in [-0.05, 0) is 36.5 Å². The molecule has 1 saturated heterocycles. The molecule has 0 spiro atoms. The molecule has 3 N–H and O–H groups in total. The van der Waals surface area contributed by atoms with Crippen molar-refractivity contribution in [2.75, 3.05) is 38.2 Å². The average molecular weight is 412 g/mol. The van der Waals surface area contributed by atoms with Crippen LogP contribution in [0.3, 0.4) is 0 Å². The van der Waals surface area contributed by atoms with Gasteiger partial charge in [-0.15, -0.1) is 5.10 Å². The second-order valence-electron chi connectivity index (χ2n) is 7.98. The van der Waals surface area contributed by atoms with Crippen molar-refractivity contribution in [3.05, 3.63) is 53.2 Å². The monoisotopic (exact) mass is 411 g/mol. The SMILES string of the molecule is O=C(NCC(O)CN1CCc2ccccc2C1)c1cnnc(NC2CCOCC2)c1. The first-order valence-corrected chi connectivity index (χ1v) is 10.6. The third-order valence-corrected chi connectivity index (χ3v) is 5.67. The number of benzene rings is 1. The van der Waals surface area contributed by atoms with Crippen LogP contribution in [-0.4, -0.2) is 71.1 Å². The highest BCUT2D eigenvalue weighted by molar-refractivity contribution is 5.94. The molecule has 0 saturated carbocycles. The molecule has 1 unspecified atom stereocenters. The summed E-state index contributed by atoms with van der Waals surface area (Å²) in [7, 11) is 0. The minimum absolute atomic E-state index is 0.196. The van der Waals surface area contributed by atoms with Gasteiger partial charge in [0.2, 0.25) is 0 Å². The van der Waals surface area contributed by atoms with Crippen LogP contribution in [-0.2, 0) is 17.7 Å². The molecule has 0 radical (unpaired) electrons. The lowest BCUT2D eigenvalue weighted by molar-refractivity contribution is 0.0841. The molecule has 1 fully saturated rings. The maximum atomic E-state index is 12.5. The molecule has 8 nitrogen and oxygen atoms in total. The maximum absolute atomic E-state index is 12.5. The molecule has 1 aromatic heterocycles. The van der Waals surface area contributed by atoms with Gasteiger partial charge in [0.05, 0.1) is 17.9 Å². The number of anilines is 1. The number of β-amino-alcohol motifs (C(OH)–C–C–N with tert-alkyl or cyclic N) is 1. The molecule has 2 aliphatic heterocycles. The van der Waals surface area contributed by atoms with Gasteiger partial charge in [-0.25, -0.2) is 0 Å². The number of carbonyl (C=O) groups excluding carboxylic acids is 1. The van der Waals surface area contributed by atoms with Gasteiger partial charge < -0.3 is 20.5 Å². The zero-order valence-corrected chi connectivity index (χ0v) is 17.1. The number of aliphatic hydroxyl groups excluding tert-OH is 1. The lowest BCUT2D eigenvalue weighted by atomic mass is 10.00. The molecular formula is C22H29N5O3. The smallest absolute Gasteiger partial charge is 0.253 e. The van der Waals surface area contributed by atoms with Gasteiger partial charge in [0.25, 0.3) is 5.91 Å². The highest BCUT2D eigenvalue weighted by atomic mass is 16.5. The fraction of sp³-hybridized carbons (Fsp3) is 0.500. The van der Waals surface area contributed by atoms with E-state index in [0.717, 1.165) is 45.6 Å². The van der Waals surface area contributed by atoms with E-state index in [4.69, 9.17) is 4.74 Å². The lowest BCUT2D eigenvalue weighted by Gasteiger charge is -2.30. The molecular weight excluding hydrogens is 382 g/mol. The Labute approximate surface area is 176 Å². The van der Waals surface area contributed by atoms with Crippen LogP contribution in [0.5, 0.6) is 0 Å². The van der Waals surface area contributed by atoms with Crippen LogP contribution in [0, 0.1) is 0 Å². The van der Waals surface area contributed by atoms with Crippen molar-refractivity contribution in [1.29, 1.82) is 0 Å². The number of aliphatic hydroxyl groups is 1. The first-order valence-electron chi connectivity index (χ1n) is 10.6. The summed E-state index contributed by atoms with van der Waals surface area (Å²) >= 11 is 0. The minimum Gasteiger partial charge on any atom is -0.390 e. The third-order valence-electron chi connectivity index (χ3n) is 5.67. The van der Waals surface area contributed by atoms with E-state index in [2.05, 4.69) is 43.9 Å². The number of hydrogen-bond acceptors (Lipinski definition) is 7. The number of aromatic nitrogens is 2.